The van der Waals surface area contributed by atoms with E-state index in [9.17, 15) is 14.7 Å². The molecule has 2 aromatic rings. The number of carbonyl (C=O) groups is 2. The zero-order valence-corrected chi connectivity index (χ0v) is 18.6. The van der Waals surface area contributed by atoms with Gasteiger partial charge in [0.1, 0.15) is 17.5 Å². The number of aliphatic hydroxyl groups is 1. The number of fused-ring (bicyclic) bond motifs is 1. The molecule has 0 spiro atoms. The Labute approximate surface area is 193 Å². The first-order valence-electron chi connectivity index (χ1n) is 10.7. The molecule has 0 aromatic heterocycles. The topological polar surface area (TPSA) is 120 Å². The molecule has 8 heteroatoms. The second-order valence-corrected chi connectivity index (χ2v) is 8.52. The third-order valence-corrected chi connectivity index (χ3v) is 6.40. The average Bonchev–Trinajstić information content (AvgIpc) is 3.20. The van der Waals surface area contributed by atoms with Crippen molar-refractivity contribution < 1.29 is 14.7 Å². The lowest BCUT2D eigenvalue weighted by Crippen LogP contribution is -2.60. The maximum absolute atomic E-state index is 13.3. The molecule has 7 nitrogen and oxygen atoms in total. The molecule has 2 heterocycles. The monoisotopic (exact) mass is 456 g/mol. The summed E-state index contributed by atoms with van der Waals surface area (Å²) in [6.07, 6.45) is 2.75. The highest BCUT2D eigenvalue weighted by atomic mass is 35.5. The van der Waals surface area contributed by atoms with Crippen molar-refractivity contribution in [1.82, 2.24) is 10.2 Å². The molecule has 2 amide bonds. The summed E-state index contributed by atoms with van der Waals surface area (Å²) >= 11 is 0. The smallest absolute Gasteiger partial charge is 0.255 e. The summed E-state index contributed by atoms with van der Waals surface area (Å²) in [6.45, 7) is 0.328. The van der Waals surface area contributed by atoms with Gasteiger partial charge in [0.2, 0.25) is 5.91 Å². The standard InChI is InChI=1S/C24H28N4O3.ClH/c25-21(26)18-8-6-17(7-9-18)15-27-22(29)20-11-10-19-12-13-24(31,23(30)28(19)20)14-16-4-2-1-3-5-16;/h1-9,19-20,31H,10-15H2,(H3,25,26)(H,27,29);1H/t19-,20?,24+;/m0./s1. The lowest BCUT2D eigenvalue weighted by atomic mass is 9.83. The first kappa shape index (κ1) is 23.8. The van der Waals surface area contributed by atoms with E-state index in [0.29, 0.717) is 31.4 Å². The Kier molecular flexibility index (Phi) is 7.21. The van der Waals surface area contributed by atoms with Crippen molar-refractivity contribution in [3.05, 3.63) is 71.3 Å². The fourth-order valence-corrected chi connectivity index (χ4v) is 4.69. The van der Waals surface area contributed by atoms with Crippen LogP contribution in [-0.4, -0.2) is 45.3 Å². The zero-order chi connectivity index (χ0) is 22.0. The highest BCUT2D eigenvalue weighted by Crippen LogP contribution is 2.38. The molecule has 2 aliphatic rings. The largest absolute Gasteiger partial charge is 0.384 e. The molecular weight excluding hydrogens is 428 g/mol. The Morgan fingerprint density at radius 3 is 2.44 bits per heavy atom. The molecule has 32 heavy (non-hydrogen) atoms. The fraction of sp³-hybridized carbons (Fsp3) is 0.375. The van der Waals surface area contributed by atoms with Crippen LogP contribution in [0.25, 0.3) is 0 Å². The predicted molar refractivity (Wildman–Crippen MR) is 125 cm³/mol. The maximum atomic E-state index is 13.3. The van der Waals surface area contributed by atoms with Gasteiger partial charge in [-0.1, -0.05) is 54.6 Å². The van der Waals surface area contributed by atoms with E-state index in [4.69, 9.17) is 11.1 Å². The van der Waals surface area contributed by atoms with Crippen LogP contribution in [0.3, 0.4) is 0 Å². The Morgan fingerprint density at radius 2 is 1.78 bits per heavy atom. The Morgan fingerprint density at radius 1 is 1.09 bits per heavy atom. The highest BCUT2D eigenvalue weighted by Gasteiger charge is 2.52. The SMILES string of the molecule is Cl.N=C(N)c1ccc(CNC(=O)C2CC[C@H]3CC[C@@](O)(Cc4ccccc4)C(=O)N23)cc1. The van der Waals surface area contributed by atoms with Gasteiger partial charge in [-0.3, -0.25) is 15.0 Å². The molecule has 3 atom stereocenters. The normalized spacial score (nSPS) is 24.4. The molecule has 170 valence electrons. The van der Waals surface area contributed by atoms with Crippen LogP contribution >= 0.6 is 12.4 Å². The number of rotatable bonds is 6. The molecule has 0 radical (unpaired) electrons. The summed E-state index contributed by atoms with van der Waals surface area (Å²) in [6, 6.07) is 16.1. The Bertz CT molecular complexity index is 982. The van der Waals surface area contributed by atoms with E-state index in [1.807, 2.05) is 42.5 Å². The predicted octanol–water partition coefficient (Wildman–Crippen LogP) is 2.14. The number of piperidine rings is 1. The third-order valence-electron chi connectivity index (χ3n) is 6.40. The summed E-state index contributed by atoms with van der Waals surface area (Å²) in [5, 5.41) is 21.5. The number of nitrogens with two attached hydrogens (primary N) is 1. The van der Waals surface area contributed by atoms with Gasteiger partial charge in [0.25, 0.3) is 5.91 Å². The van der Waals surface area contributed by atoms with E-state index in [1.54, 1.807) is 17.0 Å². The number of benzene rings is 2. The summed E-state index contributed by atoms with van der Waals surface area (Å²) in [5.41, 5.74) is 6.43. The molecule has 0 bridgehead atoms. The number of amides is 2. The minimum Gasteiger partial charge on any atom is -0.384 e. The first-order valence-corrected chi connectivity index (χ1v) is 10.7. The van der Waals surface area contributed by atoms with Crippen molar-refractivity contribution in [2.75, 3.05) is 0 Å². The quantitative estimate of drug-likeness (QED) is 0.393. The second kappa shape index (κ2) is 9.71. The number of carbonyl (C=O) groups excluding carboxylic acids is 2. The molecule has 4 rings (SSSR count). The molecule has 0 aliphatic carbocycles. The minimum atomic E-state index is -1.47. The highest BCUT2D eigenvalue weighted by molar-refractivity contribution is 5.95. The number of halogens is 1. The van der Waals surface area contributed by atoms with E-state index in [-0.39, 0.29) is 42.5 Å². The van der Waals surface area contributed by atoms with Gasteiger partial charge in [0, 0.05) is 24.6 Å². The Balaban J connectivity index is 0.00000289. The lowest BCUT2D eigenvalue weighted by molar-refractivity contribution is -0.163. The molecule has 2 fully saturated rings. The summed E-state index contributed by atoms with van der Waals surface area (Å²) in [5.74, 6) is -0.536. The molecule has 2 aliphatic heterocycles. The molecule has 0 saturated carbocycles. The van der Waals surface area contributed by atoms with Crippen molar-refractivity contribution in [3.8, 4) is 0 Å². The summed E-state index contributed by atoms with van der Waals surface area (Å²) in [7, 11) is 0. The van der Waals surface area contributed by atoms with E-state index in [0.717, 1.165) is 17.5 Å². The van der Waals surface area contributed by atoms with Gasteiger partial charge in [-0.15, -0.1) is 12.4 Å². The number of nitrogens with zero attached hydrogens (tertiary/aromatic N) is 1. The fourth-order valence-electron chi connectivity index (χ4n) is 4.69. The van der Waals surface area contributed by atoms with Crippen LogP contribution in [0.15, 0.2) is 54.6 Å². The van der Waals surface area contributed by atoms with Gasteiger partial charge in [-0.05, 0) is 36.8 Å². The van der Waals surface area contributed by atoms with Crippen molar-refractivity contribution in [2.45, 2.75) is 56.3 Å². The molecular formula is C24H29ClN4O3. The van der Waals surface area contributed by atoms with E-state index >= 15 is 0 Å². The number of hydrogen-bond donors (Lipinski definition) is 4. The second-order valence-electron chi connectivity index (χ2n) is 8.52. The van der Waals surface area contributed by atoms with Crippen molar-refractivity contribution in [1.29, 1.82) is 5.41 Å². The number of nitrogen functional groups attached to an aromatic ring is 1. The number of amidine groups is 1. The lowest BCUT2D eigenvalue weighted by Gasteiger charge is -2.42. The van der Waals surface area contributed by atoms with Crippen molar-refractivity contribution in [3.63, 3.8) is 0 Å². The number of nitrogens with one attached hydrogen (secondary N) is 2. The minimum absolute atomic E-state index is 0. The van der Waals surface area contributed by atoms with E-state index < -0.39 is 11.6 Å². The first-order chi connectivity index (χ1) is 14.9. The molecule has 1 unspecified atom stereocenters. The van der Waals surface area contributed by atoms with Crippen LogP contribution in [0.1, 0.15) is 42.4 Å². The van der Waals surface area contributed by atoms with Gasteiger partial charge in [-0.2, -0.15) is 0 Å². The van der Waals surface area contributed by atoms with Crippen LogP contribution < -0.4 is 11.1 Å². The van der Waals surface area contributed by atoms with Gasteiger partial charge >= 0.3 is 0 Å². The van der Waals surface area contributed by atoms with Crippen LogP contribution in [0.2, 0.25) is 0 Å². The van der Waals surface area contributed by atoms with Gasteiger partial charge in [0.05, 0.1) is 0 Å². The summed E-state index contributed by atoms with van der Waals surface area (Å²) in [4.78, 5) is 27.8. The van der Waals surface area contributed by atoms with Crippen LogP contribution in [0.5, 0.6) is 0 Å². The van der Waals surface area contributed by atoms with Crippen LogP contribution in [0.4, 0.5) is 0 Å². The average molecular weight is 457 g/mol. The van der Waals surface area contributed by atoms with Gasteiger partial charge < -0.3 is 21.1 Å². The summed E-state index contributed by atoms with van der Waals surface area (Å²) < 4.78 is 0. The third kappa shape index (κ3) is 4.79. The Hall–Kier alpha value is -2.90. The van der Waals surface area contributed by atoms with Crippen LogP contribution in [-0.2, 0) is 22.6 Å². The maximum Gasteiger partial charge on any atom is 0.255 e. The zero-order valence-electron chi connectivity index (χ0n) is 17.8. The van der Waals surface area contributed by atoms with Crippen molar-refractivity contribution in [2.24, 2.45) is 5.73 Å². The molecule has 2 saturated heterocycles. The molecule has 5 N–H and O–H groups in total. The van der Waals surface area contributed by atoms with Gasteiger partial charge in [-0.25, -0.2) is 0 Å². The van der Waals surface area contributed by atoms with E-state index in [2.05, 4.69) is 5.32 Å². The molecule has 2 aromatic carbocycles. The van der Waals surface area contributed by atoms with Crippen LogP contribution in [0, 0.1) is 5.41 Å². The van der Waals surface area contributed by atoms with Crippen molar-refractivity contribution >= 4 is 30.1 Å². The van der Waals surface area contributed by atoms with E-state index in [1.165, 1.54) is 0 Å². The number of hydrogen-bond acceptors (Lipinski definition) is 4. The van der Waals surface area contributed by atoms with Gasteiger partial charge in [0.15, 0.2) is 0 Å².